The lowest BCUT2D eigenvalue weighted by atomic mass is 10.2. The Morgan fingerprint density at radius 3 is 2.58 bits per heavy atom. The highest BCUT2D eigenvalue weighted by atomic mass is 79.9. The Morgan fingerprint density at radius 2 is 1.74 bits per heavy atom. The lowest BCUT2D eigenvalue weighted by Gasteiger charge is -2.06. The summed E-state index contributed by atoms with van der Waals surface area (Å²) in [5.41, 5.74) is 2.70. The lowest BCUT2D eigenvalue weighted by molar-refractivity contribution is 0.627. The number of fused-ring (bicyclic) bond motifs is 3. The van der Waals surface area contributed by atoms with Gasteiger partial charge in [-0.25, -0.2) is 0 Å². The third-order valence-corrected chi connectivity index (χ3v) is 4.21. The first-order valence-electron chi connectivity index (χ1n) is 6.97. The van der Waals surface area contributed by atoms with Gasteiger partial charge in [-0.1, -0.05) is 53.9 Å². The van der Waals surface area contributed by atoms with E-state index in [0.29, 0.717) is 0 Å². The van der Waals surface area contributed by atoms with Crippen LogP contribution in [-0.4, -0.2) is 4.57 Å². The maximum atomic E-state index is 3.58. The van der Waals surface area contributed by atoms with Crippen molar-refractivity contribution in [1.82, 2.24) is 4.57 Å². The van der Waals surface area contributed by atoms with Crippen molar-refractivity contribution >= 4 is 37.7 Å². The van der Waals surface area contributed by atoms with Crippen LogP contribution in [-0.2, 0) is 6.54 Å². The molecule has 1 aromatic heterocycles. The molecule has 0 atom stereocenters. The number of hydrogen-bond acceptors (Lipinski definition) is 0. The Morgan fingerprint density at radius 1 is 0.947 bits per heavy atom. The molecule has 0 fully saturated rings. The average molecular weight is 316 g/mol. The molecule has 19 heavy (non-hydrogen) atoms. The average Bonchev–Trinajstić information content (AvgIpc) is 2.73. The first-order chi connectivity index (χ1) is 9.31. The smallest absolute Gasteiger partial charge is 0.0492 e. The van der Waals surface area contributed by atoms with Gasteiger partial charge in [0.25, 0.3) is 0 Å². The van der Waals surface area contributed by atoms with Gasteiger partial charge in [0, 0.05) is 32.8 Å². The zero-order chi connectivity index (χ0) is 13.2. The van der Waals surface area contributed by atoms with Crippen molar-refractivity contribution in [3.05, 3.63) is 46.9 Å². The predicted molar refractivity (Wildman–Crippen MR) is 86.7 cm³/mol. The zero-order valence-electron chi connectivity index (χ0n) is 11.2. The van der Waals surface area contributed by atoms with Crippen molar-refractivity contribution in [2.45, 2.75) is 32.7 Å². The van der Waals surface area contributed by atoms with Crippen LogP contribution >= 0.6 is 15.9 Å². The summed E-state index contributed by atoms with van der Waals surface area (Å²) in [7, 11) is 0. The highest BCUT2D eigenvalue weighted by Crippen LogP contribution is 2.31. The minimum atomic E-state index is 1.11. The molecule has 0 aliphatic rings. The van der Waals surface area contributed by atoms with Crippen molar-refractivity contribution in [2.24, 2.45) is 0 Å². The second-order valence-corrected chi connectivity index (χ2v) is 5.95. The van der Waals surface area contributed by atoms with E-state index in [9.17, 15) is 0 Å². The molecule has 0 saturated carbocycles. The summed E-state index contributed by atoms with van der Waals surface area (Å²) in [4.78, 5) is 0. The summed E-state index contributed by atoms with van der Waals surface area (Å²) < 4.78 is 3.61. The van der Waals surface area contributed by atoms with Crippen LogP contribution in [0, 0.1) is 0 Å². The topological polar surface area (TPSA) is 4.93 Å². The molecule has 2 heteroatoms. The number of para-hydroxylation sites is 1. The minimum Gasteiger partial charge on any atom is -0.340 e. The molecular formula is C17H18BrN. The van der Waals surface area contributed by atoms with Crippen LogP contribution in [0.25, 0.3) is 21.8 Å². The Balaban J connectivity index is 2.21. The number of rotatable bonds is 4. The molecule has 0 unspecified atom stereocenters. The summed E-state index contributed by atoms with van der Waals surface area (Å²) in [6.07, 6.45) is 3.81. The van der Waals surface area contributed by atoms with Crippen molar-refractivity contribution in [2.75, 3.05) is 0 Å². The van der Waals surface area contributed by atoms with Gasteiger partial charge in [-0.05, 0) is 30.7 Å². The van der Waals surface area contributed by atoms with Crippen LogP contribution in [0.15, 0.2) is 46.9 Å². The van der Waals surface area contributed by atoms with Crippen LogP contribution in [0.2, 0.25) is 0 Å². The molecule has 0 saturated heterocycles. The van der Waals surface area contributed by atoms with Crippen molar-refractivity contribution < 1.29 is 0 Å². The number of unbranched alkanes of at least 4 members (excludes halogenated alkanes) is 2. The number of aryl methyl sites for hydroxylation is 1. The van der Waals surface area contributed by atoms with E-state index in [1.165, 1.54) is 41.1 Å². The molecule has 0 aliphatic carbocycles. The van der Waals surface area contributed by atoms with E-state index in [1.807, 2.05) is 0 Å². The molecule has 2 aromatic carbocycles. The molecule has 0 amide bonds. The van der Waals surface area contributed by atoms with E-state index >= 15 is 0 Å². The Labute approximate surface area is 122 Å². The van der Waals surface area contributed by atoms with Gasteiger partial charge in [-0.2, -0.15) is 0 Å². The number of hydrogen-bond donors (Lipinski definition) is 0. The molecular weight excluding hydrogens is 298 g/mol. The Kier molecular flexibility index (Phi) is 3.61. The quantitative estimate of drug-likeness (QED) is 0.540. The van der Waals surface area contributed by atoms with Crippen LogP contribution in [0.3, 0.4) is 0 Å². The largest absolute Gasteiger partial charge is 0.340 e. The minimum absolute atomic E-state index is 1.11. The third-order valence-electron chi connectivity index (χ3n) is 3.72. The molecule has 3 rings (SSSR count). The standard InChI is InChI=1S/C17H18BrN/c1-2-3-6-11-19-16-8-5-4-7-14(16)15-12-13(18)9-10-17(15)19/h4-5,7-10,12H,2-3,6,11H2,1H3. The van der Waals surface area contributed by atoms with Crippen LogP contribution < -0.4 is 0 Å². The molecule has 3 aromatic rings. The summed E-state index contributed by atoms with van der Waals surface area (Å²) in [5, 5.41) is 2.71. The van der Waals surface area contributed by atoms with Gasteiger partial charge in [0.15, 0.2) is 0 Å². The summed E-state index contributed by atoms with van der Waals surface area (Å²) >= 11 is 3.58. The van der Waals surface area contributed by atoms with E-state index in [1.54, 1.807) is 0 Å². The fourth-order valence-electron chi connectivity index (χ4n) is 2.79. The van der Waals surface area contributed by atoms with Gasteiger partial charge >= 0.3 is 0 Å². The summed E-state index contributed by atoms with van der Waals surface area (Å²) in [6, 6.07) is 15.3. The van der Waals surface area contributed by atoms with Gasteiger partial charge in [-0.15, -0.1) is 0 Å². The molecule has 0 bridgehead atoms. The Bertz CT molecular complexity index is 712. The lowest BCUT2D eigenvalue weighted by Crippen LogP contribution is -1.97. The number of benzene rings is 2. The SMILES string of the molecule is CCCCCn1c2ccccc2c2cc(Br)ccc21. The van der Waals surface area contributed by atoms with E-state index in [4.69, 9.17) is 0 Å². The molecule has 0 N–H and O–H groups in total. The van der Waals surface area contributed by atoms with E-state index in [0.717, 1.165) is 11.0 Å². The van der Waals surface area contributed by atoms with Crippen LogP contribution in [0.5, 0.6) is 0 Å². The monoisotopic (exact) mass is 315 g/mol. The first-order valence-corrected chi connectivity index (χ1v) is 7.77. The van der Waals surface area contributed by atoms with Gasteiger partial charge in [-0.3, -0.25) is 0 Å². The maximum absolute atomic E-state index is 3.58. The zero-order valence-corrected chi connectivity index (χ0v) is 12.8. The third kappa shape index (κ3) is 2.30. The molecule has 0 radical (unpaired) electrons. The molecule has 1 heterocycles. The fraction of sp³-hybridized carbons (Fsp3) is 0.294. The van der Waals surface area contributed by atoms with E-state index in [-0.39, 0.29) is 0 Å². The highest BCUT2D eigenvalue weighted by Gasteiger charge is 2.09. The van der Waals surface area contributed by atoms with Gasteiger partial charge in [0.05, 0.1) is 0 Å². The van der Waals surface area contributed by atoms with Gasteiger partial charge in [0.1, 0.15) is 0 Å². The van der Waals surface area contributed by atoms with Gasteiger partial charge < -0.3 is 4.57 Å². The molecule has 0 aliphatic heterocycles. The van der Waals surface area contributed by atoms with Crippen molar-refractivity contribution in [3.8, 4) is 0 Å². The maximum Gasteiger partial charge on any atom is 0.0492 e. The molecule has 0 spiro atoms. The highest BCUT2D eigenvalue weighted by molar-refractivity contribution is 9.10. The summed E-state index contributed by atoms with van der Waals surface area (Å²) in [6.45, 7) is 3.36. The predicted octanol–water partition coefficient (Wildman–Crippen LogP) is 5.75. The number of nitrogens with zero attached hydrogens (tertiary/aromatic N) is 1. The van der Waals surface area contributed by atoms with E-state index in [2.05, 4.69) is 69.9 Å². The second kappa shape index (κ2) is 5.38. The molecule has 1 nitrogen and oxygen atoms in total. The fourth-order valence-corrected chi connectivity index (χ4v) is 3.15. The normalized spacial score (nSPS) is 11.5. The number of aromatic nitrogens is 1. The van der Waals surface area contributed by atoms with Crippen LogP contribution in [0.1, 0.15) is 26.2 Å². The first kappa shape index (κ1) is 12.7. The van der Waals surface area contributed by atoms with E-state index < -0.39 is 0 Å². The van der Waals surface area contributed by atoms with Crippen molar-refractivity contribution in [1.29, 1.82) is 0 Å². The van der Waals surface area contributed by atoms with Gasteiger partial charge in [0.2, 0.25) is 0 Å². The number of halogens is 1. The summed E-state index contributed by atoms with van der Waals surface area (Å²) in [5.74, 6) is 0. The Hall–Kier alpha value is -1.28. The van der Waals surface area contributed by atoms with Crippen molar-refractivity contribution in [3.63, 3.8) is 0 Å². The second-order valence-electron chi connectivity index (χ2n) is 5.04. The molecule has 98 valence electrons. The van der Waals surface area contributed by atoms with Crippen LogP contribution in [0.4, 0.5) is 0 Å².